The van der Waals surface area contributed by atoms with Crippen molar-refractivity contribution < 1.29 is 9.90 Å². The molecule has 2 aliphatic rings. The summed E-state index contributed by atoms with van der Waals surface area (Å²) in [5.41, 5.74) is 0. The van der Waals surface area contributed by atoms with Gasteiger partial charge >= 0.3 is 6.09 Å². The summed E-state index contributed by atoms with van der Waals surface area (Å²) in [4.78, 5) is 14.9. The van der Waals surface area contributed by atoms with Crippen molar-refractivity contribution in [2.45, 2.75) is 25.4 Å². The van der Waals surface area contributed by atoms with Gasteiger partial charge in [-0.05, 0) is 13.3 Å². The van der Waals surface area contributed by atoms with Crippen LogP contribution in [-0.2, 0) is 0 Å². The molecule has 2 aliphatic heterocycles. The highest BCUT2D eigenvalue weighted by molar-refractivity contribution is 5.64. The number of piperazine rings is 1. The van der Waals surface area contributed by atoms with Gasteiger partial charge in [0.15, 0.2) is 0 Å². The zero-order chi connectivity index (χ0) is 10.8. The van der Waals surface area contributed by atoms with Crippen molar-refractivity contribution in [2.24, 2.45) is 0 Å². The largest absolute Gasteiger partial charge is 0.465 e. The third-order valence-electron chi connectivity index (χ3n) is 3.49. The van der Waals surface area contributed by atoms with Gasteiger partial charge in [0, 0.05) is 44.8 Å². The van der Waals surface area contributed by atoms with Gasteiger partial charge in [0.25, 0.3) is 0 Å². The summed E-state index contributed by atoms with van der Waals surface area (Å²) in [5.74, 6) is 0. The van der Waals surface area contributed by atoms with Crippen LogP contribution in [0.1, 0.15) is 13.3 Å². The van der Waals surface area contributed by atoms with Crippen LogP contribution in [-0.4, -0.2) is 65.8 Å². The van der Waals surface area contributed by atoms with Gasteiger partial charge in [-0.3, -0.25) is 4.90 Å². The van der Waals surface area contributed by atoms with Crippen LogP contribution in [0.5, 0.6) is 0 Å². The zero-order valence-electron chi connectivity index (χ0n) is 9.15. The standard InChI is InChI=1S/C10H19N3O2/c1-8-6-11-7-9-2-3-12(10(14)15)4-5-13(8)9/h8-9,11H,2-7H2,1H3,(H,14,15)/t8-,9+/m1/s1. The molecule has 86 valence electrons. The molecule has 0 saturated carbocycles. The van der Waals surface area contributed by atoms with E-state index in [0.29, 0.717) is 25.2 Å². The molecule has 1 amide bonds. The van der Waals surface area contributed by atoms with Gasteiger partial charge in [-0.1, -0.05) is 0 Å². The van der Waals surface area contributed by atoms with Crippen LogP contribution in [0.4, 0.5) is 4.79 Å². The number of amides is 1. The molecule has 5 heteroatoms. The molecule has 5 nitrogen and oxygen atoms in total. The van der Waals surface area contributed by atoms with Crippen LogP contribution >= 0.6 is 0 Å². The van der Waals surface area contributed by atoms with Gasteiger partial charge in [-0.25, -0.2) is 4.79 Å². The first kappa shape index (κ1) is 10.7. The van der Waals surface area contributed by atoms with Crippen molar-refractivity contribution >= 4 is 6.09 Å². The van der Waals surface area contributed by atoms with Crippen molar-refractivity contribution in [1.29, 1.82) is 0 Å². The average molecular weight is 213 g/mol. The minimum atomic E-state index is -0.782. The van der Waals surface area contributed by atoms with Gasteiger partial charge in [-0.15, -0.1) is 0 Å². The maximum absolute atomic E-state index is 10.9. The second-order valence-corrected chi connectivity index (χ2v) is 4.46. The molecule has 0 aliphatic carbocycles. The Balaban J connectivity index is 2.01. The Morgan fingerprint density at radius 2 is 2.13 bits per heavy atom. The molecule has 0 aromatic heterocycles. The lowest BCUT2D eigenvalue weighted by atomic mass is 10.1. The quantitative estimate of drug-likeness (QED) is 0.596. The molecule has 0 bridgehead atoms. The minimum absolute atomic E-state index is 0.512. The summed E-state index contributed by atoms with van der Waals surface area (Å²) < 4.78 is 0. The second kappa shape index (κ2) is 4.37. The molecule has 0 radical (unpaired) electrons. The van der Waals surface area contributed by atoms with Crippen LogP contribution in [0.3, 0.4) is 0 Å². The predicted molar refractivity (Wildman–Crippen MR) is 57.0 cm³/mol. The summed E-state index contributed by atoms with van der Waals surface area (Å²) >= 11 is 0. The maximum atomic E-state index is 10.9. The Morgan fingerprint density at radius 1 is 1.33 bits per heavy atom. The molecular weight excluding hydrogens is 194 g/mol. The third kappa shape index (κ3) is 2.23. The van der Waals surface area contributed by atoms with Crippen LogP contribution < -0.4 is 5.32 Å². The Labute approximate surface area is 90.0 Å². The van der Waals surface area contributed by atoms with Crippen molar-refractivity contribution in [3.05, 3.63) is 0 Å². The molecule has 0 spiro atoms. The number of hydrogen-bond donors (Lipinski definition) is 2. The van der Waals surface area contributed by atoms with Crippen LogP contribution in [0.25, 0.3) is 0 Å². The number of fused-ring (bicyclic) bond motifs is 1. The first-order valence-electron chi connectivity index (χ1n) is 5.63. The van der Waals surface area contributed by atoms with Crippen molar-refractivity contribution in [3.8, 4) is 0 Å². The van der Waals surface area contributed by atoms with E-state index >= 15 is 0 Å². The molecule has 2 heterocycles. The number of hydrogen-bond acceptors (Lipinski definition) is 3. The molecule has 15 heavy (non-hydrogen) atoms. The van der Waals surface area contributed by atoms with Gasteiger partial charge in [0.2, 0.25) is 0 Å². The lowest BCUT2D eigenvalue weighted by molar-refractivity contribution is 0.112. The lowest BCUT2D eigenvalue weighted by Crippen LogP contribution is -2.56. The first-order chi connectivity index (χ1) is 7.18. The third-order valence-corrected chi connectivity index (χ3v) is 3.49. The van der Waals surface area contributed by atoms with E-state index in [0.717, 1.165) is 26.1 Å². The summed E-state index contributed by atoms with van der Waals surface area (Å²) in [6, 6.07) is 1.04. The fourth-order valence-corrected chi connectivity index (χ4v) is 2.57. The Morgan fingerprint density at radius 3 is 2.87 bits per heavy atom. The average Bonchev–Trinajstić information content (AvgIpc) is 2.41. The Bertz CT molecular complexity index is 247. The summed E-state index contributed by atoms with van der Waals surface area (Å²) in [6.45, 7) is 6.41. The van der Waals surface area contributed by atoms with E-state index in [1.54, 1.807) is 0 Å². The highest BCUT2D eigenvalue weighted by Crippen LogP contribution is 2.16. The first-order valence-corrected chi connectivity index (χ1v) is 5.63. The molecular formula is C10H19N3O2. The Hall–Kier alpha value is -0.810. The maximum Gasteiger partial charge on any atom is 0.407 e. The molecule has 2 saturated heterocycles. The Kier molecular flexibility index (Phi) is 3.11. The number of nitrogens with one attached hydrogen (secondary N) is 1. The highest BCUT2D eigenvalue weighted by atomic mass is 16.4. The van der Waals surface area contributed by atoms with Crippen molar-refractivity contribution in [1.82, 2.24) is 15.1 Å². The van der Waals surface area contributed by atoms with E-state index < -0.39 is 6.09 Å². The van der Waals surface area contributed by atoms with E-state index in [2.05, 4.69) is 17.1 Å². The number of rotatable bonds is 0. The molecule has 0 aromatic carbocycles. The van der Waals surface area contributed by atoms with Crippen LogP contribution in [0.15, 0.2) is 0 Å². The summed E-state index contributed by atoms with van der Waals surface area (Å²) in [6.07, 6.45) is 0.166. The van der Waals surface area contributed by atoms with Gasteiger partial charge in [-0.2, -0.15) is 0 Å². The summed E-state index contributed by atoms with van der Waals surface area (Å²) in [5, 5.41) is 12.4. The molecule has 2 atom stereocenters. The smallest absolute Gasteiger partial charge is 0.407 e. The molecule has 0 aromatic rings. The molecule has 2 N–H and O–H groups in total. The van der Waals surface area contributed by atoms with Crippen molar-refractivity contribution in [3.63, 3.8) is 0 Å². The molecule has 2 rings (SSSR count). The normalized spacial score (nSPS) is 33.3. The summed E-state index contributed by atoms with van der Waals surface area (Å²) in [7, 11) is 0. The topological polar surface area (TPSA) is 55.8 Å². The molecule has 2 fully saturated rings. The van der Waals surface area contributed by atoms with Crippen molar-refractivity contribution in [2.75, 3.05) is 32.7 Å². The predicted octanol–water partition coefficient (Wildman–Crippen LogP) is 0.0324. The van der Waals surface area contributed by atoms with Crippen LogP contribution in [0.2, 0.25) is 0 Å². The number of nitrogens with zero attached hydrogens (tertiary/aromatic N) is 2. The van der Waals surface area contributed by atoms with E-state index in [1.165, 1.54) is 4.90 Å². The van der Waals surface area contributed by atoms with E-state index in [9.17, 15) is 4.79 Å². The van der Waals surface area contributed by atoms with Gasteiger partial charge < -0.3 is 15.3 Å². The van der Waals surface area contributed by atoms with E-state index in [1.807, 2.05) is 0 Å². The van der Waals surface area contributed by atoms with Crippen LogP contribution in [0, 0.1) is 0 Å². The van der Waals surface area contributed by atoms with Gasteiger partial charge in [0.1, 0.15) is 0 Å². The minimum Gasteiger partial charge on any atom is -0.465 e. The highest BCUT2D eigenvalue weighted by Gasteiger charge is 2.31. The van der Waals surface area contributed by atoms with E-state index in [-0.39, 0.29) is 0 Å². The SMILES string of the molecule is C[C@@H]1CNC[C@@H]2CCN(C(=O)O)CCN21. The second-order valence-electron chi connectivity index (χ2n) is 4.46. The fourth-order valence-electron chi connectivity index (χ4n) is 2.57. The van der Waals surface area contributed by atoms with Gasteiger partial charge in [0.05, 0.1) is 0 Å². The monoisotopic (exact) mass is 213 g/mol. The lowest BCUT2D eigenvalue weighted by Gasteiger charge is -2.39. The number of carboxylic acid groups (broad SMARTS) is 1. The number of carbonyl (C=O) groups is 1. The molecule has 0 unspecified atom stereocenters. The fraction of sp³-hybridized carbons (Fsp3) is 0.900. The van der Waals surface area contributed by atoms with E-state index in [4.69, 9.17) is 5.11 Å². The zero-order valence-corrected chi connectivity index (χ0v) is 9.15.